The van der Waals surface area contributed by atoms with E-state index >= 15 is 0 Å². The topological polar surface area (TPSA) is 58.6 Å². The van der Waals surface area contributed by atoms with Crippen LogP contribution in [0.4, 0.5) is 0 Å². The molecule has 0 unspecified atom stereocenters. The molecule has 0 fully saturated rings. The van der Waals surface area contributed by atoms with Crippen molar-refractivity contribution >= 4 is 5.78 Å². The SMILES string of the molecule is COC1=C(OC)C(=O)C(C/C=C(\C)CC/C=C(\C)CC/C=C(\C)CC/C=C(\C)CC/C=C(\C)CC/C=C(\C)CC/C=C(\C)CC/C=C(\C)CC/C=C(\C)CCC=C(C)C)=C(C)[C]1[O-]. The standard InChI is InChI=1S/C59H90O4/c1-44(2)24-15-25-45(3)26-16-27-46(4)28-17-29-47(5)30-18-31-48(6)32-19-33-49(7)34-20-35-50(8)36-21-37-51(9)38-22-39-52(10)40-23-41-53(11)42-43-55-54(12)56(60)58(62-13)59(63-14)57(55)61/h24,26,28,30,32,34,36,38,40,42H,15-23,25,27,29,31,33,35,37,39,41,43H2,1-14H3/q-1/b45-26+,46-28+,47-30+,48-32+,49-34+,50-36+,51-38+,52-40+,53-42+. The molecule has 0 aromatic rings. The Hall–Kier alpha value is -3.89. The van der Waals surface area contributed by atoms with E-state index in [2.05, 4.69) is 137 Å². The van der Waals surface area contributed by atoms with E-state index in [1.807, 2.05) is 0 Å². The molecule has 0 spiro atoms. The predicted octanol–water partition coefficient (Wildman–Crippen LogP) is 17.2. The summed E-state index contributed by atoms with van der Waals surface area (Å²) in [5.74, 6) is -0.288. The highest BCUT2D eigenvalue weighted by molar-refractivity contribution is 6.09. The monoisotopic (exact) mass is 863 g/mol. The Labute approximate surface area is 388 Å². The summed E-state index contributed by atoms with van der Waals surface area (Å²) in [6.45, 7) is 26.3. The molecule has 0 saturated heterocycles. The zero-order chi connectivity index (χ0) is 47.2. The van der Waals surface area contributed by atoms with Crippen molar-refractivity contribution in [3.63, 3.8) is 0 Å². The van der Waals surface area contributed by atoms with E-state index in [4.69, 9.17) is 9.47 Å². The minimum atomic E-state index is -0.284. The first-order valence-electron chi connectivity index (χ1n) is 24.1. The van der Waals surface area contributed by atoms with Gasteiger partial charge >= 0.3 is 0 Å². The average Bonchev–Trinajstić information content (AvgIpc) is 3.21. The molecular formula is C59H90O4-. The molecule has 1 aliphatic carbocycles. The van der Waals surface area contributed by atoms with Gasteiger partial charge in [-0.15, -0.1) is 0 Å². The van der Waals surface area contributed by atoms with E-state index in [0.717, 1.165) is 96.3 Å². The van der Waals surface area contributed by atoms with Gasteiger partial charge < -0.3 is 14.6 Å². The van der Waals surface area contributed by atoms with Crippen LogP contribution in [0.1, 0.15) is 205 Å². The molecule has 4 nitrogen and oxygen atoms in total. The molecule has 0 aromatic carbocycles. The Morgan fingerprint density at radius 2 is 0.635 bits per heavy atom. The largest absolute Gasteiger partial charge is 0.840 e. The molecule has 63 heavy (non-hydrogen) atoms. The van der Waals surface area contributed by atoms with E-state index in [9.17, 15) is 9.90 Å². The number of hydrogen-bond donors (Lipinski definition) is 0. The molecule has 0 amide bonds. The maximum atomic E-state index is 12.9. The van der Waals surface area contributed by atoms with Crippen LogP contribution in [0.25, 0.3) is 0 Å². The lowest BCUT2D eigenvalue weighted by Gasteiger charge is -2.32. The summed E-state index contributed by atoms with van der Waals surface area (Å²) >= 11 is 0. The van der Waals surface area contributed by atoms with Gasteiger partial charge in [-0.25, -0.2) is 0 Å². The summed E-state index contributed by atoms with van der Waals surface area (Å²) in [5.41, 5.74) is 15.5. The Kier molecular flexibility index (Phi) is 30.5. The van der Waals surface area contributed by atoms with Crippen LogP contribution < -0.4 is 5.11 Å². The van der Waals surface area contributed by atoms with Gasteiger partial charge in [-0.3, -0.25) is 4.79 Å². The third kappa shape index (κ3) is 26.5. The highest BCUT2D eigenvalue weighted by Crippen LogP contribution is 2.33. The number of carbonyl (C=O) groups excluding carboxylic acids is 1. The van der Waals surface area contributed by atoms with Crippen LogP contribution >= 0.6 is 0 Å². The number of hydrogen-bond acceptors (Lipinski definition) is 4. The third-order valence-electron chi connectivity index (χ3n) is 12.1. The molecule has 1 rings (SSSR count). The summed E-state index contributed by atoms with van der Waals surface area (Å²) in [5, 5.41) is 12.6. The number of allylic oxidation sites excluding steroid dienone is 21. The van der Waals surface area contributed by atoms with Gasteiger partial charge in [0, 0.05) is 5.57 Å². The van der Waals surface area contributed by atoms with Crippen molar-refractivity contribution in [2.24, 2.45) is 0 Å². The number of ketones is 1. The van der Waals surface area contributed by atoms with Crippen molar-refractivity contribution in [2.45, 2.75) is 205 Å². The van der Waals surface area contributed by atoms with Crippen LogP contribution in [0.15, 0.2) is 139 Å². The first-order valence-corrected chi connectivity index (χ1v) is 24.1. The first-order chi connectivity index (χ1) is 30.0. The molecule has 0 aliphatic heterocycles. The summed E-state index contributed by atoms with van der Waals surface area (Å²) in [4.78, 5) is 12.9. The van der Waals surface area contributed by atoms with Crippen molar-refractivity contribution in [1.29, 1.82) is 0 Å². The summed E-state index contributed by atoms with van der Waals surface area (Å²) in [6, 6.07) is 0. The van der Waals surface area contributed by atoms with Crippen LogP contribution in [-0.2, 0) is 14.3 Å². The van der Waals surface area contributed by atoms with Crippen LogP contribution in [0.2, 0.25) is 0 Å². The molecule has 0 N–H and O–H groups in total. The van der Waals surface area contributed by atoms with E-state index < -0.39 is 0 Å². The fourth-order valence-electron chi connectivity index (χ4n) is 7.59. The number of carbonyl (C=O) groups is 1. The lowest BCUT2D eigenvalue weighted by molar-refractivity contribution is -0.342. The van der Waals surface area contributed by atoms with Gasteiger partial charge in [0.1, 0.15) is 5.76 Å². The predicted molar refractivity (Wildman–Crippen MR) is 273 cm³/mol. The van der Waals surface area contributed by atoms with Gasteiger partial charge in [0.2, 0.25) is 11.5 Å². The zero-order valence-corrected chi connectivity index (χ0v) is 42.8. The molecule has 1 aliphatic rings. The van der Waals surface area contributed by atoms with E-state index in [-0.39, 0.29) is 23.4 Å². The van der Waals surface area contributed by atoms with Gasteiger partial charge in [-0.05, 0) is 211 Å². The zero-order valence-electron chi connectivity index (χ0n) is 42.8. The third-order valence-corrected chi connectivity index (χ3v) is 12.1. The Morgan fingerprint density at radius 1 is 0.397 bits per heavy atom. The second kappa shape index (κ2) is 33.6. The molecule has 351 valence electrons. The normalized spacial score (nSPS) is 16.2. The molecule has 0 atom stereocenters. The minimum Gasteiger partial charge on any atom is -0.840 e. The molecule has 0 saturated carbocycles. The van der Waals surface area contributed by atoms with E-state index in [0.29, 0.717) is 17.6 Å². The molecule has 0 bridgehead atoms. The Balaban J connectivity index is 2.30. The lowest BCUT2D eigenvalue weighted by Crippen LogP contribution is -2.30. The molecular weight excluding hydrogens is 773 g/mol. The van der Waals surface area contributed by atoms with Crippen LogP contribution in [0, 0.1) is 6.10 Å². The molecule has 0 aromatic heterocycles. The van der Waals surface area contributed by atoms with Gasteiger partial charge in [0.05, 0.1) is 14.2 Å². The first kappa shape index (κ1) is 57.1. The maximum Gasteiger partial charge on any atom is 0.227 e. The highest BCUT2D eigenvalue weighted by atomic mass is 16.5. The average molecular weight is 863 g/mol. The van der Waals surface area contributed by atoms with Crippen molar-refractivity contribution in [2.75, 3.05) is 14.2 Å². The highest BCUT2D eigenvalue weighted by Gasteiger charge is 2.30. The van der Waals surface area contributed by atoms with Crippen LogP contribution in [-0.4, -0.2) is 20.0 Å². The Morgan fingerprint density at radius 3 is 0.873 bits per heavy atom. The molecule has 1 radical (unpaired) electrons. The van der Waals surface area contributed by atoms with Crippen molar-refractivity contribution in [3.05, 3.63) is 145 Å². The van der Waals surface area contributed by atoms with E-state index in [1.54, 1.807) is 6.92 Å². The van der Waals surface area contributed by atoms with Gasteiger partial charge in [0.15, 0.2) is 0 Å². The van der Waals surface area contributed by atoms with Gasteiger partial charge in [-0.1, -0.05) is 122 Å². The van der Waals surface area contributed by atoms with Crippen molar-refractivity contribution < 1.29 is 19.4 Å². The number of methoxy groups -OCH3 is 2. The Bertz CT molecular complexity index is 1800. The smallest absolute Gasteiger partial charge is 0.227 e. The van der Waals surface area contributed by atoms with Gasteiger partial charge in [-0.2, -0.15) is 0 Å². The fraction of sp³-hybridized carbons (Fsp3) is 0.559. The van der Waals surface area contributed by atoms with E-state index in [1.165, 1.54) is 89.2 Å². The maximum absolute atomic E-state index is 12.9. The summed E-state index contributed by atoms with van der Waals surface area (Å²) in [6.07, 6.45) is 44.0. The number of ether oxygens (including phenoxy) is 2. The molecule has 4 heteroatoms. The summed E-state index contributed by atoms with van der Waals surface area (Å²) < 4.78 is 10.3. The summed E-state index contributed by atoms with van der Waals surface area (Å²) in [7, 11) is 2.78. The number of rotatable bonds is 31. The second-order valence-electron chi connectivity index (χ2n) is 18.6. The van der Waals surface area contributed by atoms with Crippen molar-refractivity contribution in [3.8, 4) is 0 Å². The lowest BCUT2D eigenvalue weighted by atomic mass is 9.89. The van der Waals surface area contributed by atoms with Crippen molar-refractivity contribution in [1.82, 2.24) is 0 Å². The number of Topliss-reactive ketones (excluding diaryl/α,β-unsaturated/α-hetero) is 1. The fourth-order valence-corrected chi connectivity index (χ4v) is 7.59. The van der Waals surface area contributed by atoms with Crippen LogP contribution in [0.3, 0.4) is 0 Å². The quantitative estimate of drug-likeness (QED) is 0.0652. The second-order valence-corrected chi connectivity index (χ2v) is 18.6. The molecule has 0 heterocycles. The van der Waals surface area contributed by atoms with Gasteiger partial charge in [0.25, 0.3) is 0 Å². The minimum absolute atomic E-state index is 0.00667. The van der Waals surface area contributed by atoms with Crippen LogP contribution in [0.5, 0.6) is 0 Å².